The molecule has 2 aliphatic rings. The van der Waals surface area contributed by atoms with Gasteiger partial charge in [-0.1, -0.05) is 44.2 Å². The van der Waals surface area contributed by atoms with Gasteiger partial charge in [0.1, 0.15) is 0 Å². The highest BCUT2D eigenvalue weighted by Crippen LogP contribution is 2.49. The van der Waals surface area contributed by atoms with Crippen molar-refractivity contribution in [2.45, 2.75) is 44.6 Å². The minimum Gasteiger partial charge on any atom is -0.455 e. The second-order valence-corrected chi connectivity index (χ2v) is 10.2. The van der Waals surface area contributed by atoms with Crippen molar-refractivity contribution < 1.29 is 22.7 Å². The third-order valence-corrected chi connectivity index (χ3v) is 7.08. The molecule has 2 fully saturated rings. The lowest BCUT2D eigenvalue weighted by molar-refractivity contribution is -0.155. The fourth-order valence-corrected chi connectivity index (χ4v) is 5.44. The maximum absolute atomic E-state index is 12.7. The molecule has 148 valence electrons. The largest absolute Gasteiger partial charge is 0.455 e. The maximum Gasteiger partial charge on any atom is 0.317 e. The van der Waals surface area contributed by atoms with E-state index in [1.54, 1.807) is 4.90 Å². The first-order chi connectivity index (χ1) is 12.7. The lowest BCUT2D eigenvalue weighted by Crippen LogP contribution is -2.45. The minimum absolute atomic E-state index is 0.00659. The quantitative estimate of drug-likeness (QED) is 0.661. The predicted octanol–water partition coefficient (Wildman–Crippen LogP) is 1.93. The summed E-state index contributed by atoms with van der Waals surface area (Å²) in [6, 6.07) is 9.16. The van der Waals surface area contributed by atoms with Gasteiger partial charge in [-0.2, -0.15) is 0 Å². The van der Waals surface area contributed by atoms with E-state index in [-0.39, 0.29) is 41.9 Å². The molecule has 1 heterocycles. The Morgan fingerprint density at radius 2 is 1.89 bits per heavy atom. The number of hydrogen-bond donors (Lipinski definition) is 0. The Morgan fingerprint density at radius 1 is 1.22 bits per heavy atom. The van der Waals surface area contributed by atoms with Crippen molar-refractivity contribution in [2.75, 3.05) is 24.7 Å². The van der Waals surface area contributed by atoms with E-state index in [1.165, 1.54) is 0 Å². The minimum atomic E-state index is -3.09. The molecule has 0 aromatic heterocycles. The summed E-state index contributed by atoms with van der Waals surface area (Å²) >= 11 is 0. The normalized spacial score (nSPS) is 22.4. The zero-order chi connectivity index (χ0) is 19.7. The highest BCUT2D eigenvalue weighted by atomic mass is 32.2. The van der Waals surface area contributed by atoms with Crippen LogP contribution in [0.1, 0.15) is 38.7 Å². The van der Waals surface area contributed by atoms with Gasteiger partial charge < -0.3 is 9.64 Å². The van der Waals surface area contributed by atoms with Crippen LogP contribution in [0.3, 0.4) is 0 Å². The van der Waals surface area contributed by atoms with E-state index in [9.17, 15) is 18.0 Å². The van der Waals surface area contributed by atoms with Gasteiger partial charge in [0, 0.05) is 12.6 Å². The van der Waals surface area contributed by atoms with E-state index in [1.807, 2.05) is 44.2 Å². The van der Waals surface area contributed by atoms with E-state index in [2.05, 4.69) is 0 Å². The Labute approximate surface area is 160 Å². The van der Waals surface area contributed by atoms with E-state index >= 15 is 0 Å². The molecule has 0 spiro atoms. The number of amides is 1. The summed E-state index contributed by atoms with van der Waals surface area (Å²) in [7, 11) is -3.09. The molecule has 1 saturated heterocycles. The van der Waals surface area contributed by atoms with Crippen LogP contribution >= 0.6 is 0 Å². The Morgan fingerprint density at radius 3 is 2.41 bits per heavy atom. The van der Waals surface area contributed by atoms with E-state index < -0.39 is 15.3 Å². The molecule has 0 N–H and O–H groups in total. The van der Waals surface area contributed by atoms with Gasteiger partial charge in [-0.15, -0.1) is 0 Å². The Kier molecular flexibility index (Phi) is 5.60. The molecule has 1 aromatic rings. The Hall–Kier alpha value is -1.89. The number of ether oxygens (including phenoxy) is 1. The number of nitrogens with zero attached hydrogens (tertiary/aromatic N) is 1. The number of carbonyl (C=O) groups excluding carboxylic acids is 2. The summed E-state index contributed by atoms with van der Waals surface area (Å²) < 4.78 is 29.0. The second kappa shape index (κ2) is 7.62. The first kappa shape index (κ1) is 19.9. The molecule has 1 atom stereocenters. The van der Waals surface area contributed by atoms with Crippen molar-refractivity contribution in [2.24, 2.45) is 5.92 Å². The molecule has 1 aliphatic carbocycles. The van der Waals surface area contributed by atoms with Crippen LogP contribution in [0.15, 0.2) is 30.3 Å². The molecule has 0 radical (unpaired) electrons. The lowest BCUT2D eigenvalue weighted by Gasteiger charge is -2.30. The standard InChI is InChI=1S/C20H27NO5S/c1-15(2)12-21(17-8-11-27(24,25)14-17)18(22)13-26-19(23)20(9-10-20)16-6-4-3-5-7-16/h3-7,15,17H,8-14H2,1-2H3. The average molecular weight is 394 g/mol. The van der Waals surface area contributed by atoms with Crippen molar-refractivity contribution >= 4 is 21.7 Å². The number of sulfone groups is 1. The molecule has 1 saturated carbocycles. The summed E-state index contributed by atoms with van der Waals surface area (Å²) in [5.41, 5.74) is 0.296. The van der Waals surface area contributed by atoms with Gasteiger partial charge in [-0.25, -0.2) is 8.42 Å². The van der Waals surface area contributed by atoms with Crippen LogP contribution in [-0.2, 0) is 29.6 Å². The fraction of sp³-hybridized carbons (Fsp3) is 0.600. The SMILES string of the molecule is CC(C)CN(C(=O)COC(=O)C1(c2ccccc2)CC1)C1CCS(=O)(=O)C1. The number of carbonyl (C=O) groups is 2. The molecular weight excluding hydrogens is 366 g/mol. The molecule has 1 aliphatic heterocycles. The van der Waals surface area contributed by atoms with E-state index in [0.29, 0.717) is 13.0 Å². The van der Waals surface area contributed by atoms with Gasteiger partial charge in [-0.05, 0) is 30.7 Å². The van der Waals surface area contributed by atoms with Gasteiger partial charge in [0.05, 0.1) is 16.9 Å². The van der Waals surface area contributed by atoms with E-state index in [4.69, 9.17) is 4.74 Å². The van der Waals surface area contributed by atoms with Crippen LogP contribution in [0.25, 0.3) is 0 Å². The first-order valence-corrected chi connectivity index (χ1v) is 11.3. The van der Waals surface area contributed by atoms with Crippen LogP contribution in [0.5, 0.6) is 0 Å². The van der Waals surface area contributed by atoms with E-state index in [0.717, 1.165) is 18.4 Å². The number of rotatable bonds is 7. The van der Waals surface area contributed by atoms with Crippen LogP contribution < -0.4 is 0 Å². The highest BCUT2D eigenvalue weighted by Gasteiger charge is 2.53. The fourth-order valence-electron chi connectivity index (χ4n) is 3.71. The predicted molar refractivity (Wildman–Crippen MR) is 102 cm³/mol. The summed E-state index contributed by atoms with van der Waals surface area (Å²) in [6.45, 7) is 4.08. The molecule has 1 aromatic carbocycles. The van der Waals surface area contributed by atoms with Gasteiger partial charge in [0.15, 0.2) is 16.4 Å². The summed E-state index contributed by atoms with van der Waals surface area (Å²) in [5.74, 6) is -0.385. The van der Waals surface area contributed by atoms with Crippen LogP contribution in [0.2, 0.25) is 0 Å². The third kappa shape index (κ3) is 4.51. The molecule has 0 bridgehead atoms. The van der Waals surface area contributed by atoms with Crippen molar-refractivity contribution in [1.82, 2.24) is 4.90 Å². The first-order valence-electron chi connectivity index (χ1n) is 9.46. The average Bonchev–Trinajstić information content (AvgIpc) is 3.36. The van der Waals surface area contributed by atoms with Crippen LogP contribution in [0.4, 0.5) is 0 Å². The van der Waals surface area contributed by atoms with Crippen LogP contribution in [-0.4, -0.2) is 55.9 Å². The lowest BCUT2D eigenvalue weighted by atomic mass is 9.96. The maximum atomic E-state index is 12.7. The van der Waals surface area contributed by atoms with Gasteiger partial charge >= 0.3 is 5.97 Å². The topological polar surface area (TPSA) is 80.8 Å². The number of esters is 1. The molecular formula is C20H27NO5S. The van der Waals surface area contributed by atoms with Crippen molar-refractivity contribution in [3.63, 3.8) is 0 Å². The van der Waals surface area contributed by atoms with Gasteiger partial charge in [-0.3, -0.25) is 9.59 Å². The molecule has 6 nitrogen and oxygen atoms in total. The zero-order valence-electron chi connectivity index (χ0n) is 15.9. The van der Waals surface area contributed by atoms with Crippen molar-refractivity contribution in [1.29, 1.82) is 0 Å². The smallest absolute Gasteiger partial charge is 0.317 e. The van der Waals surface area contributed by atoms with Crippen molar-refractivity contribution in [3.8, 4) is 0 Å². The molecule has 27 heavy (non-hydrogen) atoms. The highest BCUT2D eigenvalue weighted by molar-refractivity contribution is 7.91. The van der Waals surface area contributed by atoms with Gasteiger partial charge in [0.25, 0.3) is 5.91 Å². The summed E-state index contributed by atoms with van der Waals surface area (Å²) in [5, 5.41) is 0. The molecule has 7 heteroatoms. The van der Waals surface area contributed by atoms with Crippen molar-refractivity contribution in [3.05, 3.63) is 35.9 Å². The van der Waals surface area contributed by atoms with Crippen LogP contribution in [0, 0.1) is 5.92 Å². The molecule has 3 rings (SSSR count). The second-order valence-electron chi connectivity index (χ2n) is 8.02. The monoisotopic (exact) mass is 393 g/mol. The number of benzene rings is 1. The molecule has 1 unspecified atom stereocenters. The summed E-state index contributed by atoms with van der Waals surface area (Å²) in [6.07, 6.45) is 1.89. The molecule has 1 amide bonds. The van der Waals surface area contributed by atoms with Gasteiger partial charge in [0.2, 0.25) is 0 Å². The zero-order valence-corrected chi connectivity index (χ0v) is 16.7. The number of hydrogen-bond acceptors (Lipinski definition) is 5. The summed E-state index contributed by atoms with van der Waals surface area (Å²) in [4.78, 5) is 26.9. The Bertz CT molecular complexity index is 799. The Balaban J connectivity index is 1.63. The third-order valence-electron chi connectivity index (χ3n) is 5.33.